The van der Waals surface area contributed by atoms with Crippen LogP contribution >= 0.6 is 0 Å². The molecule has 6 rings (SSSR count). The van der Waals surface area contributed by atoms with E-state index in [4.69, 9.17) is 15.5 Å². The Bertz CT molecular complexity index is 1580. The molecule has 1 atom stereocenters. The van der Waals surface area contributed by atoms with Crippen LogP contribution in [0, 0.1) is 5.41 Å². The minimum absolute atomic E-state index is 0.0436. The van der Waals surface area contributed by atoms with Crippen LogP contribution < -0.4 is 20.9 Å². The number of nitrogens with one attached hydrogen (secondary N) is 2. The number of aromatic amines is 2. The van der Waals surface area contributed by atoms with Gasteiger partial charge < -0.3 is 20.3 Å². The normalized spacial score (nSPS) is 18.2. The molecule has 1 saturated heterocycles. The average molecular weight is 526 g/mol. The first kappa shape index (κ1) is 25.3. The molecule has 39 heavy (non-hydrogen) atoms. The second kappa shape index (κ2) is 9.98. The molecule has 1 aliphatic carbocycles. The summed E-state index contributed by atoms with van der Waals surface area (Å²) in [6, 6.07) is 16.3. The van der Waals surface area contributed by atoms with Crippen molar-refractivity contribution in [3.05, 3.63) is 87.8 Å². The Labute approximate surface area is 227 Å². The molecule has 0 amide bonds. The van der Waals surface area contributed by atoms with Gasteiger partial charge in [0.25, 0.3) is 5.56 Å². The highest BCUT2D eigenvalue weighted by atomic mass is 16.5. The van der Waals surface area contributed by atoms with E-state index < -0.39 is 0 Å². The van der Waals surface area contributed by atoms with Crippen molar-refractivity contribution in [2.24, 2.45) is 11.1 Å². The van der Waals surface area contributed by atoms with Crippen molar-refractivity contribution in [2.45, 2.75) is 25.3 Å². The van der Waals surface area contributed by atoms with E-state index in [-0.39, 0.29) is 17.0 Å². The van der Waals surface area contributed by atoms with E-state index in [1.807, 2.05) is 38.4 Å². The van der Waals surface area contributed by atoms with Gasteiger partial charge in [0.05, 0.1) is 5.69 Å². The fourth-order valence-corrected chi connectivity index (χ4v) is 6.02. The van der Waals surface area contributed by atoms with Gasteiger partial charge >= 0.3 is 0 Å². The molecule has 3 heterocycles. The van der Waals surface area contributed by atoms with Crippen molar-refractivity contribution in [1.29, 1.82) is 0 Å². The van der Waals surface area contributed by atoms with Crippen LogP contribution in [-0.4, -0.2) is 65.4 Å². The molecule has 0 radical (unpaired) electrons. The van der Waals surface area contributed by atoms with Gasteiger partial charge in [0.1, 0.15) is 17.7 Å². The number of rotatable bonds is 7. The minimum Gasteiger partial charge on any atom is -0.492 e. The molecule has 202 valence electrons. The van der Waals surface area contributed by atoms with E-state index in [9.17, 15) is 4.79 Å². The summed E-state index contributed by atoms with van der Waals surface area (Å²) in [5.74, 6) is 1.30. The first-order chi connectivity index (χ1) is 18.8. The number of benzene rings is 2. The number of ether oxygens (including phenoxy) is 1. The van der Waals surface area contributed by atoms with E-state index in [0.717, 1.165) is 50.2 Å². The maximum Gasteiger partial charge on any atom is 0.264 e. The Morgan fingerprint density at radius 1 is 1.21 bits per heavy atom. The predicted molar refractivity (Wildman–Crippen MR) is 154 cm³/mol. The quantitative estimate of drug-likeness (QED) is 0.338. The molecule has 0 saturated carbocycles. The number of likely N-dealkylation sites (N-methyl/N-ethyl adjacent to an activating group) is 1. The first-order valence-electron chi connectivity index (χ1n) is 13.5. The molecule has 1 fully saturated rings. The number of hydrogen-bond donors (Lipinski definition) is 3. The lowest BCUT2D eigenvalue weighted by molar-refractivity contribution is 0.187. The zero-order valence-corrected chi connectivity index (χ0v) is 22.5. The van der Waals surface area contributed by atoms with Crippen LogP contribution in [0.1, 0.15) is 41.3 Å². The highest BCUT2D eigenvalue weighted by Crippen LogP contribution is 2.50. The van der Waals surface area contributed by atoms with Crippen molar-refractivity contribution in [3.8, 4) is 5.75 Å². The summed E-state index contributed by atoms with van der Waals surface area (Å²) in [6.07, 6.45) is 2.90. The average Bonchev–Trinajstić information content (AvgIpc) is 3.48. The lowest BCUT2D eigenvalue weighted by Gasteiger charge is -2.42. The number of hydrogen-bond acceptors (Lipinski definition) is 7. The molecule has 0 unspecified atom stereocenters. The molecule has 4 aromatic rings. The third-order valence-corrected chi connectivity index (χ3v) is 8.35. The maximum atomic E-state index is 13.3. The van der Waals surface area contributed by atoms with Crippen LogP contribution in [0.2, 0.25) is 0 Å². The fourth-order valence-electron chi connectivity index (χ4n) is 6.02. The Kier molecular flexibility index (Phi) is 6.48. The van der Waals surface area contributed by atoms with Crippen molar-refractivity contribution in [1.82, 2.24) is 25.1 Å². The Morgan fingerprint density at radius 2 is 2.00 bits per heavy atom. The number of nitrogens with zero attached hydrogens (tertiary/aromatic N) is 4. The first-order valence-corrected chi connectivity index (χ1v) is 13.5. The van der Waals surface area contributed by atoms with Gasteiger partial charge in [-0.1, -0.05) is 43.0 Å². The molecular formula is C30H35N7O2. The van der Waals surface area contributed by atoms with Crippen molar-refractivity contribution >= 4 is 22.6 Å². The number of aromatic nitrogens is 4. The SMILES string of the molecule is C=C(c1cccc(OCCN(C)C)c1)c1[nH]nc2nc(N3CCC4(CC3)Cc3ccccc3[C@H]4N)[nH]c(=O)c12. The van der Waals surface area contributed by atoms with E-state index >= 15 is 0 Å². The van der Waals surface area contributed by atoms with Crippen molar-refractivity contribution < 1.29 is 4.74 Å². The summed E-state index contributed by atoms with van der Waals surface area (Å²) in [7, 11) is 4.02. The lowest BCUT2D eigenvalue weighted by Crippen LogP contribution is -2.45. The third kappa shape index (κ3) is 4.62. The fraction of sp³-hybridized carbons (Fsp3) is 0.367. The number of H-pyrrole nitrogens is 2. The molecule has 9 heteroatoms. The topological polar surface area (TPSA) is 116 Å². The zero-order valence-electron chi connectivity index (χ0n) is 22.5. The number of piperidine rings is 1. The van der Waals surface area contributed by atoms with E-state index in [1.54, 1.807) is 0 Å². The van der Waals surface area contributed by atoms with Crippen LogP contribution in [-0.2, 0) is 6.42 Å². The van der Waals surface area contributed by atoms with Gasteiger partial charge in [0.2, 0.25) is 5.95 Å². The monoisotopic (exact) mass is 525 g/mol. The van der Waals surface area contributed by atoms with Crippen LogP contribution in [0.15, 0.2) is 59.9 Å². The Balaban J connectivity index is 1.19. The molecule has 0 bridgehead atoms. The lowest BCUT2D eigenvalue weighted by atomic mass is 9.73. The van der Waals surface area contributed by atoms with Gasteiger partial charge in [-0.3, -0.25) is 14.9 Å². The Morgan fingerprint density at radius 3 is 2.77 bits per heavy atom. The number of anilines is 1. The van der Waals surface area contributed by atoms with Gasteiger partial charge in [-0.05, 0) is 67.6 Å². The van der Waals surface area contributed by atoms with Gasteiger partial charge in [-0.25, -0.2) is 0 Å². The molecule has 2 aromatic heterocycles. The summed E-state index contributed by atoms with van der Waals surface area (Å²) in [5, 5.41) is 7.79. The van der Waals surface area contributed by atoms with Crippen LogP contribution in [0.3, 0.4) is 0 Å². The molecule has 4 N–H and O–H groups in total. The summed E-state index contributed by atoms with van der Waals surface area (Å²) >= 11 is 0. The van der Waals surface area contributed by atoms with Crippen molar-refractivity contribution in [3.63, 3.8) is 0 Å². The van der Waals surface area contributed by atoms with Gasteiger partial charge in [0, 0.05) is 31.2 Å². The summed E-state index contributed by atoms with van der Waals surface area (Å²) in [6.45, 7) is 7.20. The summed E-state index contributed by atoms with van der Waals surface area (Å²) < 4.78 is 5.88. The molecule has 1 spiro atoms. The second-order valence-electron chi connectivity index (χ2n) is 11.0. The molecule has 1 aliphatic heterocycles. The molecule has 2 aromatic carbocycles. The standard InChI is InChI=1S/C30H35N7O2/c1-19(20-8-6-9-22(17-20)39-16-15-36(2)3)25-24-27(35-34-25)32-29(33-28(24)38)37-13-11-30(12-14-37)18-21-7-4-5-10-23(21)26(30)31/h4-10,17,26H,1,11-16,18,31H2,2-3H3,(H2,32,33,34,35,38)/t26-/m1/s1. The number of nitrogens with two attached hydrogens (primary N) is 1. The van der Waals surface area contributed by atoms with Crippen LogP contribution in [0.5, 0.6) is 5.75 Å². The maximum absolute atomic E-state index is 13.3. The molecule has 9 nitrogen and oxygen atoms in total. The zero-order chi connectivity index (χ0) is 27.1. The molecular weight excluding hydrogens is 490 g/mol. The van der Waals surface area contributed by atoms with E-state index in [1.165, 1.54) is 11.1 Å². The van der Waals surface area contributed by atoms with E-state index in [2.05, 4.69) is 55.8 Å². The van der Waals surface area contributed by atoms with Crippen LogP contribution in [0.25, 0.3) is 16.6 Å². The predicted octanol–water partition coefficient (Wildman–Crippen LogP) is 3.49. The second-order valence-corrected chi connectivity index (χ2v) is 11.0. The highest BCUT2D eigenvalue weighted by molar-refractivity contribution is 5.92. The van der Waals surface area contributed by atoms with Gasteiger partial charge in [-0.2, -0.15) is 10.1 Å². The van der Waals surface area contributed by atoms with Crippen molar-refractivity contribution in [2.75, 3.05) is 45.2 Å². The Hall–Kier alpha value is -3.95. The smallest absolute Gasteiger partial charge is 0.264 e. The largest absolute Gasteiger partial charge is 0.492 e. The summed E-state index contributed by atoms with van der Waals surface area (Å²) in [4.78, 5) is 25.3. The number of fused-ring (bicyclic) bond motifs is 2. The van der Waals surface area contributed by atoms with E-state index in [0.29, 0.717) is 34.9 Å². The van der Waals surface area contributed by atoms with Gasteiger partial charge in [0.15, 0.2) is 5.65 Å². The van der Waals surface area contributed by atoms with Gasteiger partial charge in [-0.15, -0.1) is 0 Å². The minimum atomic E-state index is -0.233. The molecule has 2 aliphatic rings. The van der Waals surface area contributed by atoms with Crippen LogP contribution in [0.4, 0.5) is 5.95 Å². The summed E-state index contributed by atoms with van der Waals surface area (Å²) in [5.41, 5.74) is 11.7. The third-order valence-electron chi connectivity index (χ3n) is 8.35. The highest BCUT2D eigenvalue weighted by Gasteiger charge is 2.46.